The van der Waals surface area contributed by atoms with Crippen molar-refractivity contribution in [2.45, 2.75) is 101 Å². The van der Waals surface area contributed by atoms with Crippen LogP contribution in [0.1, 0.15) is 55.7 Å². The van der Waals surface area contributed by atoms with Crippen molar-refractivity contribution in [1.29, 1.82) is 0 Å². The number of nitrogens with zero attached hydrogens (tertiary/aromatic N) is 4. The number of benzene rings is 4. The Morgan fingerprint density at radius 2 is 1.28 bits per heavy atom. The Balaban J connectivity index is 1.24. The van der Waals surface area contributed by atoms with Crippen molar-refractivity contribution in [3.8, 4) is 11.5 Å². The smallest absolute Gasteiger partial charge is 0.326 e. The Kier molecular flexibility index (Phi) is 21.9. The number of nitrogens with two attached hydrogens (primary N) is 2. The molecule has 0 radical (unpaired) electrons. The number of phenols is 2. The molecule has 0 bridgehead atoms. The molecule has 14 N–H and O–H groups in total. The first-order chi connectivity index (χ1) is 39.1. The van der Waals surface area contributed by atoms with E-state index in [1.165, 1.54) is 78.2 Å². The van der Waals surface area contributed by atoms with Crippen LogP contribution in [0.3, 0.4) is 0 Å². The Bertz CT molecular complexity index is 3160. The highest BCUT2D eigenvalue weighted by atomic mass is 32.2. The summed E-state index contributed by atoms with van der Waals surface area (Å²) in [5, 5.41) is 70.2. The third kappa shape index (κ3) is 17.3. The zero-order valence-corrected chi connectivity index (χ0v) is 45.6. The number of hydrogen-bond acceptors (Lipinski definition) is 16. The number of aromatic hydroxyl groups is 2. The van der Waals surface area contributed by atoms with Crippen LogP contribution in [0, 0.1) is 20.2 Å². The second-order valence-corrected chi connectivity index (χ2v) is 20.4. The monoisotopic (exact) mass is 1150 g/mol. The molecule has 27 nitrogen and oxygen atoms in total. The number of carboxylic acids is 1. The average Bonchev–Trinajstić information content (AvgIpc) is 4.20. The van der Waals surface area contributed by atoms with Gasteiger partial charge in [0.1, 0.15) is 59.5 Å². The van der Waals surface area contributed by atoms with E-state index in [4.69, 9.17) is 11.5 Å². The Labute approximate surface area is 473 Å². The standard InChI is InChI=1S/C54H65N13O14S/c1-30(59-49(72)41(25-31-11-16-35(68)17-12-31)64-52(75)45-10-6-23-65(45)44-20-15-34(66(78)79)28-46(44)67(80)81)47(70)62-42(26-32-13-18-36(69)19-14-32)50(73)63-43(27-33-29-58-38-8-4-3-7-37(33)38)51(74)60-39(21-24-82-2)48(71)61-40(53(76)77)9-5-22-57-54(55)56/h3-4,7-8,11-20,28-30,39-43,45,58,68-69H,5-6,9-10,21-27H2,1-2H3,(H,59,72)(H,60,74)(H,61,71)(H,62,70)(H,63,73)(H,64,75)(H,76,77)(H4,55,56,57). The first-order valence-corrected chi connectivity index (χ1v) is 27.4. The fourth-order valence-electron chi connectivity index (χ4n) is 9.25. The number of carboxylic acid groups (broad SMARTS) is 1. The molecule has 1 aliphatic rings. The number of aromatic nitrogens is 1. The van der Waals surface area contributed by atoms with Crippen LogP contribution < -0.4 is 48.3 Å². The van der Waals surface area contributed by atoms with E-state index in [9.17, 15) is 69.1 Å². The number of carbonyl (C=O) groups excluding carboxylic acids is 6. The normalized spacial score (nSPS) is 15.1. The SMILES string of the molecule is CSCCC(NC(=O)C(Cc1c[nH]c2ccccc12)NC(=O)C(Cc1ccc(O)cc1)NC(=O)C(C)NC(=O)C(Cc1ccc(O)cc1)NC(=O)C1CCCN1c1ccc([N+](=O)[O-])cc1[N+](=O)[O-])C(=O)NC(CCCN=C(N)N)C(=O)O. The van der Waals surface area contributed by atoms with Gasteiger partial charge in [0.05, 0.1) is 15.9 Å². The topological polar surface area (TPSA) is 422 Å². The number of thioether (sulfide) groups is 1. The zero-order chi connectivity index (χ0) is 59.6. The van der Waals surface area contributed by atoms with Crippen molar-refractivity contribution in [3.05, 3.63) is 134 Å². The number of aliphatic imine (C=N–C) groups is 1. The molecule has 0 spiro atoms. The van der Waals surface area contributed by atoms with E-state index in [-0.39, 0.29) is 81.2 Å². The van der Waals surface area contributed by atoms with E-state index >= 15 is 0 Å². The zero-order valence-electron chi connectivity index (χ0n) is 44.7. The van der Waals surface area contributed by atoms with Gasteiger partial charge in [-0.2, -0.15) is 11.8 Å². The fraction of sp³-hybridized carbons (Fsp3) is 0.370. The minimum atomic E-state index is -1.48. The lowest BCUT2D eigenvalue weighted by atomic mass is 10.0. The van der Waals surface area contributed by atoms with Gasteiger partial charge in [0.25, 0.3) is 11.4 Å². The van der Waals surface area contributed by atoms with Gasteiger partial charge in [0.2, 0.25) is 35.4 Å². The lowest BCUT2D eigenvalue weighted by Crippen LogP contribution is -2.60. The lowest BCUT2D eigenvalue weighted by molar-refractivity contribution is -0.393. The van der Waals surface area contributed by atoms with Gasteiger partial charge in [0.15, 0.2) is 5.96 Å². The van der Waals surface area contributed by atoms with Gasteiger partial charge in [-0.05, 0) is 104 Å². The highest BCUT2D eigenvalue weighted by Crippen LogP contribution is 2.36. The molecule has 6 rings (SSSR count). The molecule has 1 aromatic heterocycles. The number of rotatable bonds is 29. The van der Waals surface area contributed by atoms with Crippen molar-refractivity contribution < 1.29 is 58.7 Å². The summed E-state index contributed by atoms with van der Waals surface area (Å²) in [6.07, 6.45) is 3.68. The summed E-state index contributed by atoms with van der Waals surface area (Å²) in [5.74, 6) is -6.36. The minimum absolute atomic E-state index is 0.0449. The predicted octanol–water partition coefficient (Wildman–Crippen LogP) is 1.91. The van der Waals surface area contributed by atoms with Gasteiger partial charge >= 0.3 is 5.97 Å². The Morgan fingerprint density at radius 3 is 1.88 bits per heavy atom. The van der Waals surface area contributed by atoms with Gasteiger partial charge in [-0.1, -0.05) is 42.5 Å². The molecule has 4 aromatic carbocycles. The molecule has 1 aliphatic heterocycles. The van der Waals surface area contributed by atoms with Crippen molar-refractivity contribution in [2.24, 2.45) is 16.5 Å². The average molecular weight is 1150 g/mol. The van der Waals surface area contributed by atoms with E-state index in [1.807, 2.05) is 0 Å². The fourth-order valence-corrected chi connectivity index (χ4v) is 9.72. The number of nitro benzene ring substituents is 2. The molecule has 1 fully saturated rings. The number of phenolic OH excluding ortho intramolecular Hbond substituents is 2. The van der Waals surface area contributed by atoms with Crippen LogP contribution in [0.5, 0.6) is 11.5 Å². The Hall–Kier alpha value is -9.47. The molecular weight excluding hydrogens is 1090 g/mol. The van der Waals surface area contributed by atoms with Crippen LogP contribution in [0.4, 0.5) is 17.1 Å². The first-order valence-electron chi connectivity index (χ1n) is 26.0. The van der Waals surface area contributed by atoms with Crippen LogP contribution in [0.25, 0.3) is 10.9 Å². The van der Waals surface area contributed by atoms with Crippen LogP contribution in [0.15, 0.2) is 102 Å². The number of anilines is 1. The maximum Gasteiger partial charge on any atom is 0.326 e. The largest absolute Gasteiger partial charge is 0.508 e. The number of H-pyrrole nitrogens is 1. The maximum atomic E-state index is 14.7. The minimum Gasteiger partial charge on any atom is -0.508 e. The molecule has 0 saturated carbocycles. The first kappa shape index (κ1) is 61.7. The number of amides is 6. The van der Waals surface area contributed by atoms with Crippen LogP contribution in [0.2, 0.25) is 0 Å². The quantitative estimate of drug-likeness (QED) is 0.0107. The molecule has 6 amide bonds. The number of guanidine groups is 1. The van der Waals surface area contributed by atoms with Crippen molar-refractivity contribution >= 4 is 87.1 Å². The van der Waals surface area contributed by atoms with Crippen molar-refractivity contribution in [3.63, 3.8) is 0 Å². The number of fused-ring (bicyclic) bond motifs is 1. The predicted molar refractivity (Wildman–Crippen MR) is 304 cm³/mol. The highest BCUT2D eigenvalue weighted by molar-refractivity contribution is 7.98. The highest BCUT2D eigenvalue weighted by Gasteiger charge is 2.38. The van der Waals surface area contributed by atoms with Gasteiger partial charge in [-0.15, -0.1) is 0 Å². The molecule has 7 unspecified atom stereocenters. The second-order valence-electron chi connectivity index (χ2n) is 19.4. The number of aromatic amines is 1. The summed E-state index contributed by atoms with van der Waals surface area (Å²) < 4.78 is 0. The van der Waals surface area contributed by atoms with Gasteiger partial charge < -0.3 is 68.6 Å². The molecule has 1 saturated heterocycles. The van der Waals surface area contributed by atoms with E-state index in [1.54, 1.807) is 36.7 Å². The maximum absolute atomic E-state index is 14.7. The molecule has 7 atom stereocenters. The lowest BCUT2D eigenvalue weighted by Gasteiger charge is -2.28. The summed E-state index contributed by atoms with van der Waals surface area (Å²) >= 11 is 1.37. The molecule has 436 valence electrons. The van der Waals surface area contributed by atoms with Gasteiger partial charge in [-0.25, -0.2) is 4.79 Å². The van der Waals surface area contributed by atoms with E-state index in [0.29, 0.717) is 39.8 Å². The molecule has 82 heavy (non-hydrogen) atoms. The van der Waals surface area contributed by atoms with E-state index in [0.717, 1.165) is 12.1 Å². The molecule has 2 heterocycles. The summed E-state index contributed by atoms with van der Waals surface area (Å²) in [5.41, 5.74) is 11.8. The molecular formula is C54H65N13O14S. The molecule has 5 aromatic rings. The van der Waals surface area contributed by atoms with Crippen LogP contribution in [-0.4, -0.2) is 145 Å². The summed E-state index contributed by atoms with van der Waals surface area (Å²) in [6.45, 7) is 1.58. The second kappa shape index (κ2) is 29.1. The van der Waals surface area contributed by atoms with Crippen LogP contribution >= 0.6 is 11.8 Å². The summed E-state index contributed by atoms with van der Waals surface area (Å²) in [6, 6.07) is 12.3. The number of carbonyl (C=O) groups is 7. The number of hydrogen-bond donors (Lipinski definition) is 12. The van der Waals surface area contributed by atoms with Crippen LogP contribution in [-0.2, 0) is 52.8 Å². The Morgan fingerprint density at radius 1 is 0.720 bits per heavy atom. The number of nitro groups is 2. The van der Waals surface area contributed by atoms with Crippen molar-refractivity contribution in [1.82, 2.24) is 36.9 Å². The summed E-state index contributed by atoms with van der Waals surface area (Å²) in [4.78, 5) is 129. The van der Waals surface area contributed by atoms with E-state index in [2.05, 4.69) is 41.9 Å². The number of non-ortho nitro benzene ring substituents is 1. The van der Waals surface area contributed by atoms with E-state index < -0.39 is 105 Å². The van der Waals surface area contributed by atoms with Gasteiger partial charge in [0, 0.05) is 55.5 Å². The number of nitrogens with one attached hydrogen (secondary N) is 7. The third-order valence-electron chi connectivity index (χ3n) is 13.5. The van der Waals surface area contributed by atoms with Gasteiger partial charge in [-0.3, -0.25) is 54.0 Å². The third-order valence-corrected chi connectivity index (χ3v) is 14.2. The number of para-hydroxylation sites is 1. The van der Waals surface area contributed by atoms with Crippen molar-refractivity contribution in [2.75, 3.05) is 30.0 Å². The molecule has 0 aliphatic carbocycles. The summed E-state index contributed by atoms with van der Waals surface area (Å²) in [7, 11) is 0. The molecule has 28 heteroatoms. The number of aliphatic carboxylic acids is 1.